The summed E-state index contributed by atoms with van der Waals surface area (Å²) in [5.41, 5.74) is 2.28. The average molecular weight is 386 g/mol. The van der Waals surface area contributed by atoms with Crippen molar-refractivity contribution in [3.05, 3.63) is 23.4 Å². The minimum Gasteiger partial charge on any atom is -0.381 e. The number of piperidine rings is 1. The molecule has 4 rings (SSSR count). The Morgan fingerprint density at radius 3 is 2.57 bits per heavy atom. The predicted molar refractivity (Wildman–Crippen MR) is 106 cm³/mol. The van der Waals surface area contributed by atoms with Crippen molar-refractivity contribution in [1.29, 1.82) is 0 Å². The molecule has 152 valence electrons. The van der Waals surface area contributed by atoms with E-state index in [4.69, 9.17) is 4.74 Å². The lowest BCUT2D eigenvalue weighted by Crippen LogP contribution is -2.43. The third kappa shape index (κ3) is 4.36. The molecule has 0 atom stereocenters. The fourth-order valence-electron chi connectivity index (χ4n) is 4.40. The van der Waals surface area contributed by atoms with E-state index in [-0.39, 0.29) is 23.7 Å². The van der Waals surface area contributed by atoms with Crippen LogP contribution in [-0.2, 0) is 27.3 Å². The molecule has 2 saturated heterocycles. The number of nitrogens with one attached hydrogen (secondary N) is 1. The highest BCUT2D eigenvalue weighted by Gasteiger charge is 2.30. The Bertz CT molecular complexity index is 724. The monoisotopic (exact) mass is 386 g/mol. The molecule has 28 heavy (non-hydrogen) atoms. The van der Waals surface area contributed by atoms with Crippen molar-refractivity contribution in [1.82, 2.24) is 14.8 Å². The Labute approximate surface area is 166 Å². The number of hydrogen-bond donors (Lipinski definition) is 1. The molecule has 0 unspecified atom stereocenters. The summed E-state index contributed by atoms with van der Waals surface area (Å²) >= 11 is 0. The van der Waals surface area contributed by atoms with Crippen molar-refractivity contribution in [2.45, 2.75) is 38.6 Å². The first-order valence-corrected chi connectivity index (χ1v) is 10.4. The number of amides is 2. The molecule has 1 aromatic rings. The van der Waals surface area contributed by atoms with Crippen LogP contribution in [0.15, 0.2) is 12.3 Å². The topological polar surface area (TPSA) is 74.8 Å². The van der Waals surface area contributed by atoms with Crippen LogP contribution in [0.5, 0.6) is 0 Å². The molecule has 0 radical (unpaired) electrons. The number of carbonyl (C=O) groups excluding carboxylic acids is 2. The summed E-state index contributed by atoms with van der Waals surface area (Å²) < 4.78 is 5.33. The fraction of sp³-hybridized carbons (Fsp3) is 0.667. The van der Waals surface area contributed by atoms with E-state index in [2.05, 4.69) is 22.2 Å². The summed E-state index contributed by atoms with van der Waals surface area (Å²) in [5.74, 6) is 1.03. The normalized spacial score (nSPS) is 22.0. The minimum atomic E-state index is -0.00547. The Hall–Kier alpha value is -1.99. The molecule has 0 spiro atoms. The lowest BCUT2D eigenvalue weighted by molar-refractivity contribution is -0.138. The smallest absolute Gasteiger partial charge is 0.228 e. The van der Waals surface area contributed by atoms with Crippen LogP contribution in [0.1, 0.15) is 36.8 Å². The lowest BCUT2D eigenvalue weighted by Gasteiger charge is -2.35. The molecule has 7 nitrogen and oxygen atoms in total. The number of hydrogen-bond acceptors (Lipinski definition) is 5. The van der Waals surface area contributed by atoms with Crippen LogP contribution in [0.2, 0.25) is 0 Å². The van der Waals surface area contributed by atoms with Gasteiger partial charge in [0.25, 0.3) is 0 Å². The maximum absolute atomic E-state index is 12.9. The summed E-state index contributed by atoms with van der Waals surface area (Å²) in [5, 5.41) is 2.96. The zero-order valence-electron chi connectivity index (χ0n) is 16.7. The lowest BCUT2D eigenvalue weighted by atomic mass is 9.93. The summed E-state index contributed by atoms with van der Waals surface area (Å²) in [6.45, 7) is 4.64. The van der Waals surface area contributed by atoms with E-state index in [1.807, 2.05) is 17.2 Å². The van der Waals surface area contributed by atoms with E-state index in [0.717, 1.165) is 57.3 Å². The fourth-order valence-corrected chi connectivity index (χ4v) is 4.40. The van der Waals surface area contributed by atoms with Gasteiger partial charge < -0.3 is 19.9 Å². The summed E-state index contributed by atoms with van der Waals surface area (Å²) in [6, 6.07) is 1.95. The van der Waals surface area contributed by atoms with Crippen LogP contribution in [0, 0.1) is 11.8 Å². The Balaban J connectivity index is 1.39. The van der Waals surface area contributed by atoms with Gasteiger partial charge in [-0.15, -0.1) is 0 Å². The number of nitrogens with zero attached hydrogens (tertiary/aromatic N) is 3. The number of rotatable bonds is 3. The van der Waals surface area contributed by atoms with Crippen LogP contribution in [0.4, 0.5) is 5.82 Å². The third-order valence-electron chi connectivity index (χ3n) is 6.32. The molecule has 0 aliphatic carbocycles. The highest BCUT2D eigenvalue weighted by molar-refractivity contribution is 5.91. The molecule has 3 aliphatic heterocycles. The molecule has 3 aliphatic rings. The molecular weight excluding hydrogens is 356 g/mol. The van der Waals surface area contributed by atoms with Gasteiger partial charge in [0, 0.05) is 44.3 Å². The number of carbonyl (C=O) groups is 2. The van der Waals surface area contributed by atoms with Crippen molar-refractivity contribution in [3.8, 4) is 0 Å². The molecule has 1 aromatic heterocycles. The Morgan fingerprint density at radius 2 is 1.82 bits per heavy atom. The SMILES string of the molecule is CN1CCC(C(=O)N2CCc3cnc(NC(=O)C4CCOCC4)cc3C2)CC1. The van der Waals surface area contributed by atoms with Gasteiger partial charge in [0.2, 0.25) is 11.8 Å². The van der Waals surface area contributed by atoms with Crippen molar-refractivity contribution >= 4 is 17.6 Å². The van der Waals surface area contributed by atoms with Gasteiger partial charge in [0.1, 0.15) is 5.82 Å². The zero-order valence-corrected chi connectivity index (χ0v) is 16.7. The molecule has 0 aromatic carbocycles. The van der Waals surface area contributed by atoms with Crippen molar-refractivity contribution < 1.29 is 14.3 Å². The molecular formula is C21H30N4O3. The molecule has 2 amide bonds. The minimum absolute atomic E-state index is 0.00547. The first-order chi connectivity index (χ1) is 13.6. The largest absolute Gasteiger partial charge is 0.381 e. The van der Waals surface area contributed by atoms with E-state index in [0.29, 0.717) is 25.6 Å². The second-order valence-corrected chi connectivity index (χ2v) is 8.30. The molecule has 1 N–H and O–H groups in total. The van der Waals surface area contributed by atoms with Gasteiger partial charge in [-0.2, -0.15) is 0 Å². The number of fused-ring (bicyclic) bond motifs is 1. The van der Waals surface area contributed by atoms with Crippen molar-refractivity contribution in [2.24, 2.45) is 11.8 Å². The first kappa shape index (κ1) is 19.3. The van der Waals surface area contributed by atoms with Crippen LogP contribution in [0.3, 0.4) is 0 Å². The third-order valence-corrected chi connectivity index (χ3v) is 6.32. The van der Waals surface area contributed by atoms with E-state index >= 15 is 0 Å². The molecule has 4 heterocycles. The standard InChI is InChI=1S/C21H30N4O3/c1-24-7-2-16(3-8-24)21(27)25-9-4-17-13-22-19(12-18(17)14-25)23-20(26)15-5-10-28-11-6-15/h12-13,15-16H,2-11,14H2,1H3,(H,22,23,26). The van der Waals surface area contributed by atoms with Crippen LogP contribution >= 0.6 is 0 Å². The molecule has 0 bridgehead atoms. The van der Waals surface area contributed by atoms with Crippen molar-refractivity contribution in [3.63, 3.8) is 0 Å². The predicted octanol–water partition coefficient (Wildman–Crippen LogP) is 1.67. The van der Waals surface area contributed by atoms with Gasteiger partial charge in [0.05, 0.1) is 0 Å². The second kappa shape index (κ2) is 8.57. The van der Waals surface area contributed by atoms with Gasteiger partial charge in [-0.3, -0.25) is 9.59 Å². The number of pyridine rings is 1. The van der Waals surface area contributed by atoms with Crippen LogP contribution < -0.4 is 5.32 Å². The maximum atomic E-state index is 12.9. The number of ether oxygens (including phenoxy) is 1. The van der Waals surface area contributed by atoms with Gasteiger partial charge in [-0.1, -0.05) is 0 Å². The van der Waals surface area contributed by atoms with Crippen molar-refractivity contribution in [2.75, 3.05) is 45.2 Å². The summed E-state index contributed by atoms with van der Waals surface area (Å²) in [6.07, 6.45) is 6.09. The number of anilines is 1. The maximum Gasteiger partial charge on any atom is 0.228 e. The number of aromatic nitrogens is 1. The quantitative estimate of drug-likeness (QED) is 0.855. The van der Waals surface area contributed by atoms with Crippen LogP contribution in [-0.4, -0.2) is 66.5 Å². The highest BCUT2D eigenvalue weighted by atomic mass is 16.5. The molecule has 2 fully saturated rings. The van der Waals surface area contributed by atoms with E-state index in [1.54, 1.807) is 0 Å². The van der Waals surface area contributed by atoms with Gasteiger partial charge in [0.15, 0.2) is 0 Å². The van der Waals surface area contributed by atoms with E-state index in [9.17, 15) is 9.59 Å². The van der Waals surface area contributed by atoms with Crippen LogP contribution in [0.25, 0.3) is 0 Å². The van der Waals surface area contributed by atoms with E-state index < -0.39 is 0 Å². The average Bonchev–Trinajstić information content (AvgIpc) is 2.74. The van der Waals surface area contributed by atoms with Gasteiger partial charge >= 0.3 is 0 Å². The summed E-state index contributed by atoms with van der Waals surface area (Å²) in [4.78, 5) is 34.1. The second-order valence-electron chi connectivity index (χ2n) is 8.30. The number of likely N-dealkylation sites (tertiary alicyclic amines) is 1. The van der Waals surface area contributed by atoms with Gasteiger partial charge in [-0.05, 0) is 69.4 Å². The Kier molecular flexibility index (Phi) is 5.92. The first-order valence-electron chi connectivity index (χ1n) is 10.4. The highest BCUT2D eigenvalue weighted by Crippen LogP contribution is 2.26. The molecule has 7 heteroatoms. The summed E-state index contributed by atoms with van der Waals surface area (Å²) in [7, 11) is 2.11. The van der Waals surface area contributed by atoms with E-state index in [1.165, 1.54) is 5.56 Å². The molecule has 0 saturated carbocycles. The van der Waals surface area contributed by atoms with Gasteiger partial charge in [-0.25, -0.2) is 4.98 Å². The zero-order chi connectivity index (χ0) is 19.5. The Morgan fingerprint density at radius 1 is 1.07 bits per heavy atom.